The lowest BCUT2D eigenvalue weighted by atomic mass is 10.1. The molecular formula is C16H16ClFN2O. The third-order valence-corrected chi connectivity index (χ3v) is 3.35. The lowest BCUT2D eigenvalue weighted by molar-refractivity contribution is 0.0996. The standard InChI is InChI=1S/C16H16ClFN2O/c1-10(8-11-2-4-12(17)5-3-11)20-13-6-7-15(18)14(9-13)16(19)21/h2-7,9-10,20H,8H2,1H3,(H2,19,21). The molecule has 1 atom stereocenters. The molecule has 110 valence electrons. The molecule has 0 aliphatic carbocycles. The van der Waals surface area contributed by atoms with Gasteiger partial charge in [0.2, 0.25) is 0 Å². The monoisotopic (exact) mass is 306 g/mol. The van der Waals surface area contributed by atoms with Crippen molar-refractivity contribution < 1.29 is 9.18 Å². The van der Waals surface area contributed by atoms with Crippen molar-refractivity contribution in [3.05, 3.63) is 64.4 Å². The highest BCUT2D eigenvalue weighted by Gasteiger charge is 2.10. The Morgan fingerprint density at radius 3 is 2.57 bits per heavy atom. The number of carbonyl (C=O) groups is 1. The van der Waals surface area contributed by atoms with Gasteiger partial charge in [0.05, 0.1) is 5.56 Å². The van der Waals surface area contributed by atoms with E-state index in [1.165, 1.54) is 12.1 Å². The molecule has 0 saturated heterocycles. The molecule has 0 heterocycles. The first kappa shape index (κ1) is 15.3. The number of hydrogen-bond donors (Lipinski definition) is 2. The van der Waals surface area contributed by atoms with Crippen molar-refractivity contribution in [2.45, 2.75) is 19.4 Å². The van der Waals surface area contributed by atoms with E-state index in [0.717, 1.165) is 12.0 Å². The fourth-order valence-corrected chi connectivity index (χ4v) is 2.24. The lowest BCUT2D eigenvalue weighted by Gasteiger charge is -2.16. The minimum Gasteiger partial charge on any atom is -0.382 e. The van der Waals surface area contributed by atoms with Crippen molar-refractivity contribution in [1.29, 1.82) is 0 Å². The second-order valence-electron chi connectivity index (χ2n) is 4.93. The van der Waals surface area contributed by atoms with E-state index < -0.39 is 11.7 Å². The zero-order valence-electron chi connectivity index (χ0n) is 11.6. The average molecular weight is 307 g/mol. The Morgan fingerprint density at radius 1 is 1.29 bits per heavy atom. The molecule has 0 bridgehead atoms. The van der Waals surface area contributed by atoms with Crippen molar-refractivity contribution in [2.75, 3.05) is 5.32 Å². The molecule has 0 aliphatic heterocycles. The number of nitrogens with one attached hydrogen (secondary N) is 1. The van der Waals surface area contributed by atoms with E-state index >= 15 is 0 Å². The van der Waals surface area contributed by atoms with E-state index in [0.29, 0.717) is 10.7 Å². The molecule has 5 heteroatoms. The zero-order valence-corrected chi connectivity index (χ0v) is 12.3. The fourth-order valence-electron chi connectivity index (χ4n) is 2.11. The van der Waals surface area contributed by atoms with Gasteiger partial charge in [0.25, 0.3) is 5.91 Å². The highest BCUT2D eigenvalue weighted by atomic mass is 35.5. The molecule has 0 radical (unpaired) electrons. The van der Waals surface area contributed by atoms with Crippen molar-refractivity contribution in [1.82, 2.24) is 0 Å². The molecule has 0 saturated carbocycles. The molecule has 3 nitrogen and oxygen atoms in total. The summed E-state index contributed by atoms with van der Waals surface area (Å²) in [4.78, 5) is 11.1. The quantitative estimate of drug-likeness (QED) is 0.886. The molecule has 2 rings (SSSR count). The van der Waals surface area contributed by atoms with E-state index in [1.54, 1.807) is 6.07 Å². The topological polar surface area (TPSA) is 55.1 Å². The zero-order chi connectivity index (χ0) is 15.4. The van der Waals surface area contributed by atoms with Crippen LogP contribution in [0.4, 0.5) is 10.1 Å². The first-order valence-electron chi connectivity index (χ1n) is 6.56. The van der Waals surface area contributed by atoms with Crippen LogP contribution < -0.4 is 11.1 Å². The van der Waals surface area contributed by atoms with Crippen LogP contribution in [0, 0.1) is 5.82 Å². The second kappa shape index (κ2) is 6.59. The summed E-state index contributed by atoms with van der Waals surface area (Å²) >= 11 is 5.84. The minimum atomic E-state index is -0.776. The number of anilines is 1. The van der Waals surface area contributed by atoms with Crippen LogP contribution in [0.5, 0.6) is 0 Å². The van der Waals surface area contributed by atoms with Gasteiger partial charge in [-0.2, -0.15) is 0 Å². The van der Waals surface area contributed by atoms with E-state index in [-0.39, 0.29) is 11.6 Å². The Hall–Kier alpha value is -2.07. The summed E-state index contributed by atoms with van der Waals surface area (Å²) in [5.41, 5.74) is 6.82. The molecule has 0 aromatic heterocycles. The number of halogens is 2. The molecule has 1 unspecified atom stereocenters. The molecule has 2 aromatic carbocycles. The first-order valence-corrected chi connectivity index (χ1v) is 6.94. The molecule has 21 heavy (non-hydrogen) atoms. The Labute approximate surface area is 127 Å². The maximum atomic E-state index is 13.4. The summed E-state index contributed by atoms with van der Waals surface area (Å²) in [7, 11) is 0. The third kappa shape index (κ3) is 4.20. The number of primary amides is 1. The van der Waals surface area contributed by atoms with Crippen LogP contribution >= 0.6 is 11.6 Å². The predicted molar refractivity (Wildman–Crippen MR) is 83.2 cm³/mol. The van der Waals surface area contributed by atoms with Gasteiger partial charge >= 0.3 is 0 Å². The molecule has 3 N–H and O–H groups in total. The highest BCUT2D eigenvalue weighted by molar-refractivity contribution is 6.30. The van der Waals surface area contributed by atoms with Gasteiger partial charge in [-0.25, -0.2) is 4.39 Å². The van der Waals surface area contributed by atoms with E-state index in [1.807, 2.05) is 31.2 Å². The summed E-state index contributed by atoms with van der Waals surface area (Å²) < 4.78 is 13.4. The molecule has 1 amide bonds. The van der Waals surface area contributed by atoms with Crippen LogP contribution in [-0.2, 0) is 6.42 Å². The predicted octanol–water partition coefficient (Wildman–Crippen LogP) is 3.62. The van der Waals surface area contributed by atoms with Crippen molar-refractivity contribution >= 4 is 23.2 Å². The first-order chi connectivity index (χ1) is 9.95. The van der Waals surface area contributed by atoms with Crippen molar-refractivity contribution in [3.8, 4) is 0 Å². The van der Waals surface area contributed by atoms with Gasteiger partial charge in [-0.1, -0.05) is 23.7 Å². The maximum Gasteiger partial charge on any atom is 0.251 e. The van der Waals surface area contributed by atoms with Gasteiger partial charge in [-0.3, -0.25) is 4.79 Å². The van der Waals surface area contributed by atoms with E-state index in [9.17, 15) is 9.18 Å². The molecule has 0 fully saturated rings. The normalized spacial score (nSPS) is 12.0. The van der Waals surface area contributed by atoms with Crippen LogP contribution in [0.15, 0.2) is 42.5 Å². The summed E-state index contributed by atoms with van der Waals surface area (Å²) in [6.45, 7) is 2.00. The van der Waals surface area contributed by atoms with Gasteiger partial charge < -0.3 is 11.1 Å². The number of nitrogens with two attached hydrogens (primary N) is 1. The van der Waals surface area contributed by atoms with Gasteiger partial charge in [0, 0.05) is 16.8 Å². The van der Waals surface area contributed by atoms with Crippen molar-refractivity contribution in [3.63, 3.8) is 0 Å². The SMILES string of the molecule is CC(Cc1ccc(Cl)cc1)Nc1ccc(F)c(C(N)=O)c1. The van der Waals surface area contributed by atoms with Crippen LogP contribution in [-0.4, -0.2) is 11.9 Å². The Balaban J connectivity index is 2.05. The molecule has 2 aromatic rings. The summed E-state index contributed by atoms with van der Waals surface area (Å²) in [5, 5.41) is 3.92. The number of amides is 1. The Bertz CT molecular complexity index is 643. The lowest BCUT2D eigenvalue weighted by Crippen LogP contribution is -2.19. The van der Waals surface area contributed by atoms with Crippen molar-refractivity contribution in [2.24, 2.45) is 5.73 Å². The summed E-state index contributed by atoms with van der Waals surface area (Å²) in [6, 6.07) is 11.9. The Morgan fingerprint density at radius 2 is 1.95 bits per heavy atom. The van der Waals surface area contributed by atoms with Gasteiger partial charge in [-0.05, 0) is 49.2 Å². The molecule has 0 spiro atoms. The summed E-state index contributed by atoms with van der Waals surface area (Å²) in [6.07, 6.45) is 0.778. The summed E-state index contributed by atoms with van der Waals surface area (Å²) in [5.74, 6) is -1.39. The van der Waals surface area contributed by atoms with Crippen LogP contribution in [0.1, 0.15) is 22.8 Å². The third-order valence-electron chi connectivity index (χ3n) is 3.10. The van der Waals surface area contributed by atoms with Gasteiger partial charge in [0.15, 0.2) is 0 Å². The van der Waals surface area contributed by atoms with Crippen LogP contribution in [0.3, 0.4) is 0 Å². The fraction of sp³-hybridized carbons (Fsp3) is 0.188. The largest absolute Gasteiger partial charge is 0.382 e. The number of carbonyl (C=O) groups excluding carboxylic acids is 1. The van der Waals surface area contributed by atoms with Crippen LogP contribution in [0.25, 0.3) is 0 Å². The maximum absolute atomic E-state index is 13.4. The minimum absolute atomic E-state index is 0.109. The smallest absolute Gasteiger partial charge is 0.251 e. The van der Waals surface area contributed by atoms with E-state index in [4.69, 9.17) is 17.3 Å². The van der Waals surface area contributed by atoms with Gasteiger partial charge in [0.1, 0.15) is 5.82 Å². The Kier molecular flexibility index (Phi) is 4.81. The van der Waals surface area contributed by atoms with Crippen LogP contribution in [0.2, 0.25) is 5.02 Å². The number of benzene rings is 2. The second-order valence-corrected chi connectivity index (χ2v) is 5.37. The van der Waals surface area contributed by atoms with E-state index in [2.05, 4.69) is 5.32 Å². The molecular weight excluding hydrogens is 291 g/mol. The molecule has 0 aliphatic rings. The average Bonchev–Trinajstić information content (AvgIpc) is 2.43. The van der Waals surface area contributed by atoms with Gasteiger partial charge in [-0.15, -0.1) is 0 Å². The number of hydrogen-bond acceptors (Lipinski definition) is 2. The number of rotatable bonds is 5. The highest BCUT2D eigenvalue weighted by Crippen LogP contribution is 2.17.